The monoisotopic (exact) mass is 646 g/mol. The van der Waals surface area contributed by atoms with Crippen LogP contribution in [0.4, 0.5) is 0 Å². The van der Waals surface area contributed by atoms with E-state index in [0.29, 0.717) is 47.4 Å². The van der Waals surface area contributed by atoms with Crippen LogP contribution in [-0.2, 0) is 19.2 Å². The second-order valence-electron chi connectivity index (χ2n) is 19.1. The average molecular weight is 647 g/mol. The zero-order chi connectivity index (χ0) is 33.7. The van der Waals surface area contributed by atoms with E-state index in [2.05, 4.69) is 27.7 Å². The van der Waals surface area contributed by atoms with E-state index < -0.39 is 0 Å². The molecular formula is C42H62O5. The van der Waals surface area contributed by atoms with Crippen LogP contribution in [-0.4, -0.2) is 34.3 Å². The SMILES string of the molecule is CC(=O)[C@H]1CC[C@H]2[C@@H]3CCC4=CC(=O)CC[C@]4(C)[C@H]3CC[C@]12C.CC(=O)[C@H]1CC[C@H]2[C@@H]3CC[C@H]4C[C@H](O)CC[C@]4(C)[C@H]3C(=O)C[C@]12C. The molecule has 14 atom stereocenters. The highest BCUT2D eigenvalue weighted by atomic mass is 16.3. The third kappa shape index (κ3) is 5.07. The summed E-state index contributed by atoms with van der Waals surface area (Å²) in [6.45, 7) is 12.9. The number of hydrogen-bond acceptors (Lipinski definition) is 5. The lowest BCUT2D eigenvalue weighted by atomic mass is 9.44. The zero-order valence-electron chi connectivity index (χ0n) is 30.2. The van der Waals surface area contributed by atoms with Gasteiger partial charge in [0.1, 0.15) is 17.3 Å². The van der Waals surface area contributed by atoms with Crippen LogP contribution >= 0.6 is 0 Å². The van der Waals surface area contributed by atoms with Gasteiger partial charge in [0.25, 0.3) is 0 Å². The van der Waals surface area contributed by atoms with E-state index in [4.69, 9.17) is 0 Å². The van der Waals surface area contributed by atoms with Crippen LogP contribution < -0.4 is 0 Å². The smallest absolute Gasteiger partial charge is 0.155 e. The minimum Gasteiger partial charge on any atom is -0.393 e. The molecule has 5 heteroatoms. The number of carbonyl (C=O) groups is 4. The highest BCUT2D eigenvalue weighted by Crippen LogP contribution is 2.68. The number of aliphatic hydroxyl groups excluding tert-OH is 1. The molecule has 0 bridgehead atoms. The van der Waals surface area contributed by atoms with Crippen LogP contribution in [0.3, 0.4) is 0 Å². The second-order valence-corrected chi connectivity index (χ2v) is 19.1. The molecular weight excluding hydrogens is 584 g/mol. The van der Waals surface area contributed by atoms with Crippen molar-refractivity contribution in [3.8, 4) is 0 Å². The molecule has 0 unspecified atom stereocenters. The summed E-state index contributed by atoms with van der Waals surface area (Å²) in [6, 6.07) is 0. The van der Waals surface area contributed by atoms with E-state index in [1.807, 2.05) is 6.08 Å². The summed E-state index contributed by atoms with van der Waals surface area (Å²) in [6.07, 6.45) is 18.5. The van der Waals surface area contributed by atoms with Gasteiger partial charge in [-0.25, -0.2) is 0 Å². The van der Waals surface area contributed by atoms with Gasteiger partial charge >= 0.3 is 0 Å². The Labute approximate surface area is 283 Å². The van der Waals surface area contributed by atoms with Crippen molar-refractivity contribution in [3.05, 3.63) is 11.6 Å². The highest BCUT2D eigenvalue weighted by Gasteiger charge is 2.64. The van der Waals surface area contributed by atoms with Crippen LogP contribution in [0, 0.1) is 74.9 Å². The van der Waals surface area contributed by atoms with E-state index in [0.717, 1.165) is 88.4 Å². The topological polar surface area (TPSA) is 88.5 Å². The maximum Gasteiger partial charge on any atom is 0.155 e. The quantitative estimate of drug-likeness (QED) is 0.325. The summed E-state index contributed by atoms with van der Waals surface area (Å²) in [4.78, 5) is 49.5. The molecule has 0 amide bonds. The first kappa shape index (κ1) is 33.9. The molecule has 8 aliphatic carbocycles. The van der Waals surface area contributed by atoms with Gasteiger partial charge in [0.15, 0.2) is 5.78 Å². The zero-order valence-corrected chi connectivity index (χ0v) is 30.2. The maximum atomic E-state index is 13.3. The van der Waals surface area contributed by atoms with Gasteiger partial charge in [-0.05, 0) is 167 Å². The van der Waals surface area contributed by atoms with Crippen molar-refractivity contribution in [1.82, 2.24) is 0 Å². The molecule has 47 heavy (non-hydrogen) atoms. The molecule has 0 aromatic carbocycles. The van der Waals surface area contributed by atoms with E-state index >= 15 is 0 Å². The first-order chi connectivity index (χ1) is 22.1. The summed E-state index contributed by atoms with van der Waals surface area (Å²) in [5.74, 6) is 5.77. The van der Waals surface area contributed by atoms with Gasteiger partial charge in [0.05, 0.1) is 6.10 Å². The van der Waals surface area contributed by atoms with Gasteiger partial charge in [0.2, 0.25) is 0 Å². The summed E-state index contributed by atoms with van der Waals surface area (Å²) >= 11 is 0. The molecule has 0 spiro atoms. The molecule has 0 aromatic rings. The Kier molecular flexibility index (Phi) is 8.45. The first-order valence-corrected chi connectivity index (χ1v) is 19.6. The third-order valence-corrected chi connectivity index (χ3v) is 17.3. The standard InChI is InChI=1S/C21H32O3.C21H30O2/c1-12(22)16-6-7-17-15-5-4-13-10-14(23)8-9-20(13,2)19(15)18(24)11-21(16,17)3;1-13(22)17-6-7-18-16-5-4-14-12-15(23)8-10-20(14,2)19(16)9-11-21(17,18)3/h13-17,19,23H,4-11H2,1-3H3;12,16-19H,4-11H2,1-3H3/t13-,14+,15-,16+,17-,19+,20-,21+;16-,17+,18-,19-,20-,21+/m00/s1. The lowest BCUT2D eigenvalue weighted by Gasteiger charge is -2.59. The molecule has 5 nitrogen and oxygen atoms in total. The Morgan fingerprint density at radius 2 is 1.32 bits per heavy atom. The summed E-state index contributed by atoms with van der Waals surface area (Å²) < 4.78 is 0. The van der Waals surface area contributed by atoms with Crippen molar-refractivity contribution in [2.75, 3.05) is 0 Å². The number of Topliss-reactive ketones (excluding diaryl/α,β-unsaturated/α-hetero) is 3. The van der Waals surface area contributed by atoms with E-state index in [1.165, 1.54) is 31.3 Å². The van der Waals surface area contributed by atoms with Gasteiger partial charge in [-0.3, -0.25) is 19.2 Å². The van der Waals surface area contributed by atoms with Gasteiger partial charge in [0, 0.05) is 30.6 Å². The van der Waals surface area contributed by atoms with Crippen LogP contribution in [0.25, 0.3) is 0 Å². The Bertz CT molecular complexity index is 1360. The molecule has 260 valence electrons. The van der Waals surface area contributed by atoms with Crippen molar-refractivity contribution in [3.63, 3.8) is 0 Å². The minimum absolute atomic E-state index is 0.0782. The van der Waals surface area contributed by atoms with E-state index in [9.17, 15) is 24.3 Å². The van der Waals surface area contributed by atoms with Crippen LogP contribution in [0.2, 0.25) is 0 Å². The number of rotatable bonds is 2. The molecule has 7 fully saturated rings. The Hall–Kier alpha value is -1.62. The minimum atomic E-state index is -0.169. The Balaban J connectivity index is 0.000000150. The van der Waals surface area contributed by atoms with Crippen LogP contribution in [0.15, 0.2) is 11.6 Å². The number of ketones is 4. The number of carbonyl (C=O) groups excluding carboxylic acids is 4. The predicted molar refractivity (Wildman–Crippen MR) is 183 cm³/mol. The average Bonchev–Trinajstić information content (AvgIpc) is 3.54. The molecule has 0 radical (unpaired) electrons. The Morgan fingerprint density at radius 3 is 2.00 bits per heavy atom. The van der Waals surface area contributed by atoms with Crippen molar-refractivity contribution in [2.45, 2.75) is 150 Å². The van der Waals surface area contributed by atoms with E-state index in [1.54, 1.807) is 13.8 Å². The van der Waals surface area contributed by atoms with Crippen molar-refractivity contribution in [1.29, 1.82) is 0 Å². The summed E-state index contributed by atoms with van der Waals surface area (Å²) in [5.41, 5.74) is 1.93. The number of fused-ring (bicyclic) bond motifs is 10. The van der Waals surface area contributed by atoms with Crippen LogP contribution in [0.1, 0.15) is 144 Å². The molecule has 7 saturated carbocycles. The molecule has 0 aromatic heterocycles. The second kappa shape index (κ2) is 11.7. The maximum absolute atomic E-state index is 13.3. The number of allylic oxidation sites excluding steroid dienone is 1. The van der Waals surface area contributed by atoms with E-state index in [-0.39, 0.29) is 45.4 Å². The lowest BCUT2D eigenvalue weighted by molar-refractivity contribution is -0.162. The number of aliphatic hydroxyl groups is 1. The molecule has 0 heterocycles. The molecule has 0 aliphatic heterocycles. The van der Waals surface area contributed by atoms with Crippen molar-refractivity contribution >= 4 is 23.1 Å². The fourth-order valence-corrected chi connectivity index (χ4v) is 14.9. The molecule has 0 saturated heterocycles. The summed E-state index contributed by atoms with van der Waals surface area (Å²) in [5, 5.41) is 10.1. The third-order valence-electron chi connectivity index (χ3n) is 17.3. The molecule has 1 N–H and O–H groups in total. The largest absolute Gasteiger partial charge is 0.393 e. The lowest BCUT2D eigenvalue weighted by Crippen LogP contribution is -2.58. The van der Waals surface area contributed by atoms with Crippen molar-refractivity contribution in [2.24, 2.45) is 74.9 Å². The van der Waals surface area contributed by atoms with Gasteiger partial charge in [-0.2, -0.15) is 0 Å². The normalized spacial score (nSPS) is 51.5. The van der Waals surface area contributed by atoms with Crippen LogP contribution in [0.5, 0.6) is 0 Å². The molecule has 8 rings (SSSR count). The molecule has 8 aliphatic rings. The summed E-state index contributed by atoms with van der Waals surface area (Å²) in [7, 11) is 0. The fraction of sp³-hybridized carbons (Fsp3) is 0.857. The number of hydrogen-bond donors (Lipinski definition) is 1. The van der Waals surface area contributed by atoms with Gasteiger partial charge in [-0.1, -0.05) is 33.3 Å². The van der Waals surface area contributed by atoms with Gasteiger partial charge in [-0.15, -0.1) is 0 Å². The fourth-order valence-electron chi connectivity index (χ4n) is 14.9. The highest BCUT2D eigenvalue weighted by molar-refractivity contribution is 5.91. The Morgan fingerprint density at radius 1 is 0.681 bits per heavy atom. The van der Waals surface area contributed by atoms with Crippen molar-refractivity contribution < 1.29 is 24.3 Å². The first-order valence-electron chi connectivity index (χ1n) is 19.6. The van der Waals surface area contributed by atoms with Gasteiger partial charge < -0.3 is 5.11 Å². The predicted octanol–water partition coefficient (Wildman–Crippen LogP) is 8.50.